The van der Waals surface area contributed by atoms with Crippen LogP contribution in [0.25, 0.3) is 10.6 Å². The molecular formula is C26H23NO3S. The number of anilines is 1. The van der Waals surface area contributed by atoms with E-state index in [1.807, 2.05) is 74.7 Å². The van der Waals surface area contributed by atoms with Crippen LogP contribution in [0, 0.1) is 0 Å². The van der Waals surface area contributed by atoms with E-state index in [1.165, 1.54) is 11.3 Å². The Labute approximate surface area is 185 Å². The van der Waals surface area contributed by atoms with Crippen LogP contribution in [0.4, 0.5) is 5.88 Å². The number of hydrogen-bond acceptors (Lipinski definition) is 5. The lowest BCUT2D eigenvalue weighted by Crippen LogP contribution is -2.27. The zero-order chi connectivity index (χ0) is 22.0. The summed E-state index contributed by atoms with van der Waals surface area (Å²) in [6, 6.07) is 21.7. The fourth-order valence-electron chi connectivity index (χ4n) is 3.34. The van der Waals surface area contributed by atoms with Crippen LogP contribution in [0.3, 0.4) is 0 Å². The van der Waals surface area contributed by atoms with Gasteiger partial charge in [0.25, 0.3) is 0 Å². The molecule has 4 nitrogen and oxygen atoms in total. The van der Waals surface area contributed by atoms with Crippen molar-refractivity contribution in [3.05, 3.63) is 100 Å². The predicted octanol–water partition coefficient (Wildman–Crippen LogP) is 6.68. The lowest BCUT2D eigenvalue weighted by molar-refractivity contribution is 0.100. The quantitative estimate of drug-likeness (QED) is 0.347. The number of benzene rings is 2. The van der Waals surface area contributed by atoms with E-state index in [1.54, 1.807) is 24.3 Å². The summed E-state index contributed by atoms with van der Waals surface area (Å²) in [5, 5.41) is 5.22. The third kappa shape index (κ3) is 4.37. The van der Waals surface area contributed by atoms with Gasteiger partial charge in [0.2, 0.25) is 5.88 Å². The maximum Gasteiger partial charge on any atom is 0.206 e. The highest BCUT2D eigenvalue weighted by Crippen LogP contribution is 2.40. The minimum absolute atomic E-state index is 0.242. The summed E-state index contributed by atoms with van der Waals surface area (Å²) in [6.07, 6.45) is 0. The van der Waals surface area contributed by atoms with Gasteiger partial charge in [-0.15, -0.1) is 11.3 Å². The number of rotatable bonds is 6. The molecule has 5 heteroatoms. The second kappa shape index (κ2) is 8.36. The van der Waals surface area contributed by atoms with Crippen LogP contribution in [0.15, 0.2) is 82.6 Å². The predicted molar refractivity (Wildman–Crippen MR) is 125 cm³/mol. The fourth-order valence-corrected chi connectivity index (χ4v) is 4.05. The smallest absolute Gasteiger partial charge is 0.206 e. The maximum absolute atomic E-state index is 13.7. The first-order chi connectivity index (χ1) is 14.8. The van der Waals surface area contributed by atoms with E-state index in [2.05, 4.69) is 5.32 Å². The highest BCUT2D eigenvalue weighted by Gasteiger charge is 2.33. The molecule has 1 N–H and O–H groups in total. The largest absolute Gasteiger partial charge is 0.438 e. The average molecular weight is 430 g/mol. The van der Waals surface area contributed by atoms with Crippen LogP contribution >= 0.6 is 11.3 Å². The molecule has 0 radical (unpaired) electrons. The molecule has 156 valence electrons. The molecule has 0 aliphatic rings. The normalized spacial score (nSPS) is 11.3. The van der Waals surface area contributed by atoms with E-state index in [9.17, 15) is 9.59 Å². The number of ketones is 2. The molecule has 4 rings (SSSR count). The Bertz CT molecular complexity index is 1200. The molecule has 2 heterocycles. The monoisotopic (exact) mass is 429 g/mol. The highest BCUT2D eigenvalue weighted by atomic mass is 32.1. The topological polar surface area (TPSA) is 59.3 Å². The first-order valence-corrected chi connectivity index (χ1v) is 10.9. The summed E-state index contributed by atoms with van der Waals surface area (Å²) in [5.74, 6) is 0.228. The lowest BCUT2D eigenvalue weighted by Gasteiger charge is -2.20. The van der Waals surface area contributed by atoms with Crippen molar-refractivity contribution in [3.63, 3.8) is 0 Å². The number of carbonyl (C=O) groups excluding carboxylic acids is 2. The van der Waals surface area contributed by atoms with Gasteiger partial charge in [0.15, 0.2) is 17.3 Å². The molecule has 0 amide bonds. The molecule has 2 aromatic carbocycles. The van der Waals surface area contributed by atoms with Crippen molar-refractivity contribution in [1.82, 2.24) is 0 Å². The molecule has 0 bridgehead atoms. The van der Waals surface area contributed by atoms with Crippen molar-refractivity contribution in [1.29, 1.82) is 0 Å². The third-order valence-electron chi connectivity index (χ3n) is 4.67. The van der Waals surface area contributed by atoms with Gasteiger partial charge in [-0.25, -0.2) is 0 Å². The molecule has 0 atom stereocenters. The van der Waals surface area contributed by atoms with E-state index in [-0.39, 0.29) is 28.2 Å². The summed E-state index contributed by atoms with van der Waals surface area (Å²) in [7, 11) is 0. The van der Waals surface area contributed by atoms with Crippen molar-refractivity contribution in [3.8, 4) is 10.6 Å². The number of furan rings is 1. The molecule has 0 spiro atoms. The average Bonchev–Trinajstić information content (AvgIpc) is 3.41. The van der Waals surface area contributed by atoms with Crippen LogP contribution in [-0.2, 0) is 0 Å². The van der Waals surface area contributed by atoms with Crippen LogP contribution < -0.4 is 5.32 Å². The Balaban J connectivity index is 1.99. The SMILES string of the molecule is CC(C)(C)Nc1oc(-c2cccs2)c(C(=O)c2ccccc2)c1C(=O)c1ccccc1. The van der Waals surface area contributed by atoms with Gasteiger partial charge in [-0.05, 0) is 32.2 Å². The molecule has 31 heavy (non-hydrogen) atoms. The number of thiophene rings is 1. The van der Waals surface area contributed by atoms with Crippen LogP contribution in [0.5, 0.6) is 0 Å². The Morgan fingerprint density at radius 1 is 0.774 bits per heavy atom. The summed E-state index contributed by atoms with van der Waals surface area (Å²) < 4.78 is 6.21. The van der Waals surface area contributed by atoms with E-state index in [0.29, 0.717) is 22.8 Å². The minimum atomic E-state index is -0.372. The van der Waals surface area contributed by atoms with Crippen molar-refractivity contribution in [2.24, 2.45) is 0 Å². The van der Waals surface area contributed by atoms with Crippen molar-refractivity contribution in [2.75, 3.05) is 5.32 Å². The van der Waals surface area contributed by atoms with Gasteiger partial charge in [0.05, 0.1) is 16.0 Å². The highest BCUT2D eigenvalue weighted by molar-refractivity contribution is 7.13. The molecule has 0 unspecified atom stereocenters. The molecule has 4 aromatic rings. The van der Waals surface area contributed by atoms with Gasteiger partial charge in [0.1, 0.15) is 0 Å². The van der Waals surface area contributed by atoms with Crippen molar-refractivity contribution in [2.45, 2.75) is 26.3 Å². The van der Waals surface area contributed by atoms with E-state index in [0.717, 1.165) is 4.88 Å². The molecular weight excluding hydrogens is 406 g/mol. The van der Waals surface area contributed by atoms with Gasteiger partial charge in [-0.3, -0.25) is 9.59 Å². The first kappa shape index (κ1) is 20.8. The Morgan fingerprint density at radius 2 is 1.32 bits per heavy atom. The van der Waals surface area contributed by atoms with Crippen LogP contribution in [0.2, 0.25) is 0 Å². The zero-order valence-electron chi connectivity index (χ0n) is 17.6. The van der Waals surface area contributed by atoms with E-state index >= 15 is 0 Å². The van der Waals surface area contributed by atoms with Crippen LogP contribution in [-0.4, -0.2) is 17.1 Å². The zero-order valence-corrected chi connectivity index (χ0v) is 18.5. The molecule has 0 saturated carbocycles. The summed E-state index contributed by atoms with van der Waals surface area (Å²) in [4.78, 5) is 28.1. The number of carbonyl (C=O) groups is 2. The molecule has 0 fully saturated rings. The lowest BCUT2D eigenvalue weighted by atomic mass is 9.93. The number of nitrogens with one attached hydrogen (secondary N) is 1. The summed E-state index contributed by atoms with van der Waals surface area (Å²) >= 11 is 1.47. The first-order valence-electron chi connectivity index (χ1n) is 10.0. The molecule has 0 aliphatic carbocycles. The third-order valence-corrected chi connectivity index (χ3v) is 5.54. The second-order valence-electron chi connectivity index (χ2n) is 8.25. The molecule has 2 aromatic heterocycles. The Kier molecular flexibility index (Phi) is 5.61. The van der Waals surface area contributed by atoms with E-state index in [4.69, 9.17) is 4.42 Å². The maximum atomic E-state index is 13.7. The Morgan fingerprint density at radius 3 is 1.81 bits per heavy atom. The molecule has 0 aliphatic heterocycles. The van der Waals surface area contributed by atoms with Crippen molar-refractivity contribution >= 4 is 28.8 Å². The van der Waals surface area contributed by atoms with Gasteiger partial charge < -0.3 is 9.73 Å². The fraction of sp³-hybridized carbons (Fsp3) is 0.154. The standard InChI is InChI=1S/C26H23NO3S/c1-26(2,3)27-25-21(23(29)18-13-8-5-9-14-18)20(22(28)17-11-6-4-7-12-17)24(30-25)19-15-10-16-31-19/h4-16,27H,1-3H3. The van der Waals surface area contributed by atoms with Gasteiger partial charge >= 0.3 is 0 Å². The molecule has 0 saturated heterocycles. The minimum Gasteiger partial charge on any atom is -0.438 e. The number of hydrogen-bond donors (Lipinski definition) is 1. The van der Waals surface area contributed by atoms with Gasteiger partial charge in [0, 0.05) is 16.7 Å². The summed E-state index contributed by atoms with van der Waals surface area (Å²) in [5.41, 5.74) is 1.18. The Hall–Kier alpha value is -3.44. The summed E-state index contributed by atoms with van der Waals surface area (Å²) in [6.45, 7) is 5.95. The van der Waals surface area contributed by atoms with Gasteiger partial charge in [-0.2, -0.15) is 0 Å². The van der Waals surface area contributed by atoms with E-state index < -0.39 is 0 Å². The van der Waals surface area contributed by atoms with Crippen LogP contribution in [0.1, 0.15) is 52.6 Å². The van der Waals surface area contributed by atoms with Crippen molar-refractivity contribution < 1.29 is 14.0 Å². The second-order valence-corrected chi connectivity index (χ2v) is 9.20. The van der Waals surface area contributed by atoms with Gasteiger partial charge in [-0.1, -0.05) is 66.7 Å².